The Morgan fingerprint density at radius 2 is 2.00 bits per heavy atom. The first-order chi connectivity index (χ1) is 7.92. The van der Waals surface area contributed by atoms with Gasteiger partial charge in [0, 0.05) is 0 Å². The van der Waals surface area contributed by atoms with Crippen LogP contribution in [0.5, 0.6) is 0 Å². The van der Waals surface area contributed by atoms with Gasteiger partial charge < -0.3 is 0 Å². The standard InChI is InChI=1S/C15H20Te/c1-2-3-4-5-10-15-14-9-7-6-8-13(14)11-12-16-15/h6-9,11-12,15H,2-5,10H2,1H3. The summed E-state index contributed by atoms with van der Waals surface area (Å²) in [5.74, 6) is 0. The Bertz CT molecular complexity index is 354. The molecule has 0 spiro atoms. The summed E-state index contributed by atoms with van der Waals surface area (Å²) in [5.41, 5.74) is 3.10. The fourth-order valence-electron chi connectivity index (χ4n) is 2.22. The molecule has 0 nitrogen and oxygen atoms in total. The normalized spacial score (nSPS) is 18.4. The van der Waals surface area contributed by atoms with Crippen molar-refractivity contribution in [2.75, 3.05) is 0 Å². The molecule has 1 aromatic carbocycles. The average Bonchev–Trinajstić information content (AvgIpc) is 2.35. The van der Waals surface area contributed by atoms with Crippen LogP contribution in [0.4, 0.5) is 0 Å². The van der Waals surface area contributed by atoms with Crippen LogP contribution in [0.25, 0.3) is 6.08 Å². The molecule has 0 saturated carbocycles. The van der Waals surface area contributed by atoms with E-state index >= 15 is 0 Å². The van der Waals surface area contributed by atoms with Gasteiger partial charge in [0.05, 0.1) is 0 Å². The summed E-state index contributed by atoms with van der Waals surface area (Å²) >= 11 is 0.0784. The van der Waals surface area contributed by atoms with Gasteiger partial charge in [-0.2, -0.15) is 0 Å². The Morgan fingerprint density at radius 3 is 2.88 bits per heavy atom. The third kappa shape index (κ3) is 3.12. The molecule has 1 aliphatic rings. The van der Waals surface area contributed by atoms with E-state index in [9.17, 15) is 0 Å². The number of hydrogen-bond acceptors (Lipinski definition) is 0. The fourth-order valence-corrected chi connectivity index (χ4v) is 5.30. The van der Waals surface area contributed by atoms with Crippen molar-refractivity contribution in [2.24, 2.45) is 0 Å². The number of benzene rings is 1. The third-order valence-electron chi connectivity index (χ3n) is 3.15. The molecular weight excluding hydrogens is 308 g/mol. The Kier molecular flexibility index (Phi) is 4.94. The fraction of sp³-hybridized carbons (Fsp3) is 0.467. The van der Waals surface area contributed by atoms with Crippen LogP contribution in [-0.4, -0.2) is 20.9 Å². The van der Waals surface area contributed by atoms with Crippen molar-refractivity contribution in [2.45, 2.75) is 43.0 Å². The number of hydrogen-bond donors (Lipinski definition) is 0. The van der Waals surface area contributed by atoms with Gasteiger partial charge in [0.2, 0.25) is 0 Å². The topological polar surface area (TPSA) is 0 Å². The SMILES string of the molecule is CCCCCCC1[Te]C=Cc2ccccc21. The summed E-state index contributed by atoms with van der Waals surface area (Å²) in [6, 6.07) is 8.96. The predicted octanol–water partition coefficient (Wildman–Crippen LogP) is 4.39. The Morgan fingerprint density at radius 1 is 1.12 bits per heavy atom. The number of rotatable bonds is 5. The zero-order valence-electron chi connectivity index (χ0n) is 9.99. The summed E-state index contributed by atoms with van der Waals surface area (Å²) in [4.78, 5) is 0. The molecule has 0 N–H and O–H groups in total. The first-order valence-electron chi connectivity index (χ1n) is 6.32. The molecule has 86 valence electrons. The zero-order valence-corrected chi connectivity index (χ0v) is 12.3. The van der Waals surface area contributed by atoms with Gasteiger partial charge in [-0.3, -0.25) is 0 Å². The minimum absolute atomic E-state index is 0.0784. The molecule has 1 unspecified atom stereocenters. The van der Waals surface area contributed by atoms with Crippen molar-refractivity contribution in [1.29, 1.82) is 0 Å². The van der Waals surface area contributed by atoms with Crippen LogP contribution in [0.3, 0.4) is 0 Å². The molecule has 1 heteroatoms. The minimum atomic E-state index is 0.0784. The molecule has 0 amide bonds. The van der Waals surface area contributed by atoms with E-state index in [0.717, 1.165) is 3.97 Å². The summed E-state index contributed by atoms with van der Waals surface area (Å²) in [6.45, 7) is 2.28. The third-order valence-corrected chi connectivity index (χ3v) is 6.33. The quantitative estimate of drug-likeness (QED) is 0.556. The van der Waals surface area contributed by atoms with E-state index in [-0.39, 0.29) is 20.9 Å². The molecule has 1 atom stereocenters. The molecule has 1 heterocycles. The predicted molar refractivity (Wildman–Crippen MR) is 72.7 cm³/mol. The Balaban J connectivity index is 1.94. The Labute approximate surface area is 109 Å². The van der Waals surface area contributed by atoms with Gasteiger partial charge in [-0.15, -0.1) is 0 Å². The number of unbranched alkanes of at least 4 members (excludes halogenated alkanes) is 3. The van der Waals surface area contributed by atoms with Crippen molar-refractivity contribution in [1.82, 2.24) is 0 Å². The van der Waals surface area contributed by atoms with Crippen molar-refractivity contribution in [3.8, 4) is 0 Å². The second-order valence-electron chi connectivity index (χ2n) is 4.41. The van der Waals surface area contributed by atoms with Crippen LogP contribution in [0.15, 0.2) is 28.4 Å². The first kappa shape index (κ1) is 12.2. The molecule has 0 radical (unpaired) electrons. The van der Waals surface area contributed by atoms with Crippen LogP contribution < -0.4 is 0 Å². The van der Waals surface area contributed by atoms with Crippen molar-refractivity contribution in [3.05, 3.63) is 39.5 Å². The monoisotopic (exact) mass is 330 g/mol. The van der Waals surface area contributed by atoms with Crippen LogP contribution >= 0.6 is 0 Å². The van der Waals surface area contributed by atoms with E-state index in [1.807, 2.05) is 0 Å². The van der Waals surface area contributed by atoms with Gasteiger partial charge in [0.1, 0.15) is 0 Å². The van der Waals surface area contributed by atoms with Crippen LogP contribution in [-0.2, 0) is 0 Å². The molecule has 1 aliphatic heterocycles. The van der Waals surface area contributed by atoms with Crippen LogP contribution in [0.2, 0.25) is 0 Å². The second kappa shape index (κ2) is 6.48. The van der Waals surface area contributed by atoms with Gasteiger partial charge in [-0.1, -0.05) is 0 Å². The van der Waals surface area contributed by atoms with Crippen molar-refractivity contribution in [3.63, 3.8) is 0 Å². The molecule has 0 aromatic heterocycles. The molecule has 0 fully saturated rings. The molecule has 0 aliphatic carbocycles. The van der Waals surface area contributed by atoms with Gasteiger partial charge in [-0.05, 0) is 0 Å². The molecular formula is C15H20Te. The zero-order chi connectivity index (χ0) is 11.2. The summed E-state index contributed by atoms with van der Waals surface area (Å²) in [7, 11) is 0. The molecule has 2 rings (SSSR count). The van der Waals surface area contributed by atoms with Gasteiger partial charge in [-0.25, -0.2) is 0 Å². The number of fused-ring (bicyclic) bond motifs is 1. The van der Waals surface area contributed by atoms with E-state index < -0.39 is 0 Å². The second-order valence-corrected chi connectivity index (χ2v) is 7.58. The maximum absolute atomic E-state index is 2.47. The van der Waals surface area contributed by atoms with E-state index in [1.54, 1.807) is 5.56 Å². The molecule has 0 bridgehead atoms. The van der Waals surface area contributed by atoms with E-state index in [2.05, 4.69) is 41.4 Å². The molecule has 1 aromatic rings. The maximum atomic E-state index is 2.47. The van der Waals surface area contributed by atoms with Crippen molar-refractivity contribution >= 4 is 27.0 Å². The summed E-state index contributed by atoms with van der Waals surface area (Å²) in [6.07, 6.45) is 9.35. The van der Waals surface area contributed by atoms with Crippen LogP contribution in [0.1, 0.15) is 54.1 Å². The summed E-state index contributed by atoms with van der Waals surface area (Å²) in [5, 5.41) is 0. The average molecular weight is 328 g/mol. The van der Waals surface area contributed by atoms with Crippen LogP contribution in [0, 0.1) is 0 Å². The summed E-state index contributed by atoms with van der Waals surface area (Å²) < 4.78 is 3.38. The van der Waals surface area contributed by atoms with E-state index in [4.69, 9.17) is 0 Å². The Hall–Kier alpha value is -0.250. The molecule has 0 saturated heterocycles. The van der Waals surface area contributed by atoms with Gasteiger partial charge in [0.25, 0.3) is 0 Å². The van der Waals surface area contributed by atoms with Crippen molar-refractivity contribution < 1.29 is 0 Å². The van der Waals surface area contributed by atoms with E-state index in [1.165, 1.54) is 37.7 Å². The van der Waals surface area contributed by atoms with Gasteiger partial charge in [0.15, 0.2) is 0 Å². The molecule has 16 heavy (non-hydrogen) atoms. The van der Waals surface area contributed by atoms with Gasteiger partial charge >= 0.3 is 110 Å². The van der Waals surface area contributed by atoms with E-state index in [0.29, 0.717) is 0 Å². The first-order valence-corrected chi connectivity index (χ1v) is 9.02.